The maximum absolute atomic E-state index is 3.49. The second-order valence-electron chi connectivity index (χ2n) is 6.94. The van der Waals surface area contributed by atoms with Gasteiger partial charge in [-0.15, -0.1) is 36.2 Å². The molecule has 1 aliphatic heterocycles. The molecule has 0 saturated carbocycles. The highest BCUT2D eigenvalue weighted by molar-refractivity contribution is 7.10. The molecule has 0 bridgehead atoms. The summed E-state index contributed by atoms with van der Waals surface area (Å²) in [5, 5.41) is 11.1. The van der Waals surface area contributed by atoms with E-state index in [4.69, 9.17) is 0 Å². The van der Waals surface area contributed by atoms with Crippen molar-refractivity contribution >= 4 is 57.7 Å². The molecule has 5 heteroatoms. The number of hydrogen-bond acceptors (Lipinski definition) is 3. The van der Waals surface area contributed by atoms with E-state index in [2.05, 4.69) is 82.3 Å². The maximum Gasteiger partial charge on any atom is 0.0703 e. The average Bonchev–Trinajstić information content (AvgIpc) is 3.23. The van der Waals surface area contributed by atoms with Crippen molar-refractivity contribution in [3.63, 3.8) is 0 Å². The van der Waals surface area contributed by atoms with Crippen LogP contribution in [0.1, 0.15) is 16.5 Å². The van der Waals surface area contributed by atoms with E-state index in [1.165, 1.54) is 32.0 Å². The number of piperazine rings is 1. The molecule has 1 saturated heterocycles. The molecule has 1 aromatic heterocycles. The summed E-state index contributed by atoms with van der Waals surface area (Å²) in [6.45, 7) is 4.30. The van der Waals surface area contributed by atoms with Crippen LogP contribution in [-0.2, 0) is 0 Å². The monoisotopic (exact) mass is 430 g/mol. The zero-order valence-electron chi connectivity index (χ0n) is 15.5. The first kappa shape index (κ1) is 21.1. The molecule has 5 rings (SSSR count). The highest BCUT2D eigenvalue weighted by Gasteiger charge is 2.26. The second-order valence-corrected chi connectivity index (χ2v) is 7.92. The summed E-state index contributed by atoms with van der Waals surface area (Å²) in [5.74, 6) is 0. The fourth-order valence-corrected chi connectivity index (χ4v) is 5.10. The molecular weight excluding hydrogens is 407 g/mol. The molecule has 28 heavy (non-hydrogen) atoms. The largest absolute Gasteiger partial charge is 0.314 e. The Morgan fingerprint density at radius 3 is 2.18 bits per heavy atom. The van der Waals surface area contributed by atoms with Crippen LogP contribution in [0.2, 0.25) is 0 Å². The van der Waals surface area contributed by atoms with Gasteiger partial charge in [0.2, 0.25) is 0 Å². The van der Waals surface area contributed by atoms with Gasteiger partial charge in [0.15, 0.2) is 0 Å². The first-order chi connectivity index (χ1) is 12.9. The number of rotatable bonds is 3. The SMILES string of the molecule is Cl.Cl.c1csc([C@H](c2cc3ccccc3c3ccccc23)N2CCNCC2)c1. The van der Waals surface area contributed by atoms with E-state index < -0.39 is 0 Å². The number of halogens is 2. The van der Waals surface area contributed by atoms with Gasteiger partial charge in [-0.05, 0) is 44.6 Å². The number of fused-ring (bicyclic) bond motifs is 3. The Morgan fingerprint density at radius 1 is 0.786 bits per heavy atom. The molecule has 0 spiro atoms. The lowest BCUT2D eigenvalue weighted by molar-refractivity contribution is 0.201. The second kappa shape index (κ2) is 9.25. The van der Waals surface area contributed by atoms with Crippen LogP contribution in [0.5, 0.6) is 0 Å². The van der Waals surface area contributed by atoms with Gasteiger partial charge < -0.3 is 5.32 Å². The van der Waals surface area contributed by atoms with Gasteiger partial charge in [-0.3, -0.25) is 4.90 Å². The summed E-state index contributed by atoms with van der Waals surface area (Å²) in [6.07, 6.45) is 0. The molecule has 4 aromatic rings. The number of hydrogen-bond donors (Lipinski definition) is 1. The molecule has 2 nitrogen and oxygen atoms in total. The normalized spacial score (nSPS) is 15.7. The standard InChI is InChI=1S/C23H22N2S.2ClH/c1-2-7-18-17(6-1)16-21(20-9-4-3-8-19(18)20)23(22-10-5-15-26-22)25-13-11-24-12-14-25;;/h1-10,15-16,23-24H,11-14H2;2*1H/t23-;;/m0../s1. The molecular formula is C23H24Cl2N2S. The third kappa shape index (κ3) is 3.78. The first-order valence-corrected chi connectivity index (χ1v) is 10.2. The van der Waals surface area contributed by atoms with Gasteiger partial charge in [-0.1, -0.05) is 54.6 Å². The Hall–Kier alpha value is -1.62. The van der Waals surface area contributed by atoms with Crippen molar-refractivity contribution in [3.8, 4) is 0 Å². The van der Waals surface area contributed by atoms with E-state index >= 15 is 0 Å². The van der Waals surface area contributed by atoms with Crippen molar-refractivity contribution in [2.45, 2.75) is 6.04 Å². The van der Waals surface area contributed by atoms with E-state index in [9.17, 15) is 0 Å². The molecule has 0 aliphatic carbocycles. The maximum atomic E-state index is 3.49. The summed E-state index contributed by atoms with van der Waals surface area (Å²) in [5.41, 5.74) is 1.43. The van der Waals surface area contributed by atoms with Crippen molar-refractivity contribution in [1.82, 2.24) is 10.2 Å². The fourth-order valence-electron chi connectivity index (χ4n) is 4.23. The average molecular weight is 431 g/mol. The molecule has 3 aromatic carbocycles. The van der Waals surface area contributed by atoms with Crippen molar-refractivity contribution in [3.05, 3.63) is 82.6 Å². The van der Waals surface area contributed by atoms with Crippen LogP contribution in [0.4, 0.5) is 0 Å². The van der Waals surface area contributed by atoms with Gasteiger partial charge in [0.25, 0.3) is 0 Å². The van der Waals surface area contributed by atoms with Crippen molar-refractivity contribution in [1.29, 1.82) is 0 Å². The highest BCUT2D eigenvalue weighted by Crippen LogP contribution is 2.39. The van der Waals surface area contributed by atoms with E-state index in [0.717, 1.165) is 26.2 Å². The summed E-state index contributed by atoms with van der Waals surface area (Å²) in [7, 11) is 0. The van der Waals surface area contributed by atoms with Crippen molar-refractivity contribution in [2.24, 2.45) is 0 Å². The zero-order chi connectivity index (χ0) is 17.3. The minimum absolute atomic E-state index is 0. The predicted molar refractivity (Wildman–Crippen MR) is 127 cm³/mol. The molecule has 0 unspecified atom stereocenters. The Balaban J connectivity index is 0.00000112. The zero-order valence-corrected chi connectivity index (χ0v) is 18.0. The lowest BCUT2D eigenvalue weighted by Crippen LogP contribution is -2.45. The van der Waals surface area contributed by atoms with Crippen LogP contribution < -0.4 is 5.32 Å². The number of thiophene rings is 1. The van der Waals surface area contributed by atoms with Crippen LogP contribution >= 0.6 is 36.2 Å². The van der Waals surface area contributed by atoms with Crippen LogP contribution in [0.15, 0.2) is 72.1 Å². The van der Waals surface area contributed by atoms with Gasteiger partial charge >= 0.3 is 0 Å². The summed E-state index contributed by atoms with van der Waals surface area (Å²) >= 11 is 1.87. The van der Waals surface area contributed by atoms with Crippen LogP contribution in [0.25, 0.3) is 21.5 Å². The Kier molecular flexibility index (Phi) is 6.97. The minimum atomic E-state index is 0. The molecule has 1 atom stereocenters. The van der Waals surface area contributed by atoms with Gasteiger partial charge in [-0.2, -0.15) is 0 Å². The van der Waals surface area contributed by atoms with Crippen molar-refractivity contribution < 1.29 is 0 Å². The quantitative estimate of drug-likeness (QED) is 0.407. The van der Waals surface area contributed by atoms with Gasteiger partial charge in [0.1, 0.15) is 0 Å². The van der Waals surface area contributed by atoms with E-state index in [-0.39, 0.29) is 24.8 Å². The molecule has 2 heterocycles. The fraction of sp³-hybridized carbons (Fsp3) is 0.217. The predicted octanol–water partition coefficient (Wildman–Crippen LogP) is 5.89. The molecule has 0 amide bonds. The van der Waals surface area contributed by atoms with Crippen LogP contribution in [0.3, 0.4) is 0 Å². The first-order valence-electron chi connectivity index (χ1n) is 9.30. The Morgan fingerprint density at radius 2 is 1.46 bits per heavy atom. The number of nitrogens with one attached hydrogen (secondary N) is 1. The molecule has 1 N–H and O–H groups in total. The van der Waals surface area contributed by atoms with Crippen molar-refractivity contribution in [2.75, 3.05) is 26.2 Å². The van der Waals surface area contributed by atoms with Crippen LogP contribution in [-0.4, -0.2) is 31.1 Å². The van der Waals surface area contributed by atoms with Gasteiger partial charge in [0, 0.05) is 31.1 Å². The number of benzene rings is 3. The van der Waals surface area contributed by atoms with E-state index in [0.29, 0.717) is 6.04 Å². The number of nitrogens with zero attached hydrogens (tertiary/aromatic N) is 1. The third-order valence-electron chi connectivity index (χ3n) is 5.42. The summed E-state index contributed by atoms with van der Waals surface area (Å²) in [4.78, 5) is 4.08. The molecule has 0 radical (unpaired) electrons. The summed E-state index contributed by atoms with van der Waals surface area (Å²) < 4.78 is 0. The Labute approximate surface area is 182 Å². The van der Waals surface area contributed by atoms with Gasteiger partial charge in [0.05, 0.1) is 6.04 Å². The van der Waals surface area contributed by atoms with E-state index in [1.54, 1.807) is 0 Å². The summed E-state index contributed by atoms with van der Waals surface area (Å²) in [6, 6.07) is 24.9. The lowest BCUT2D eigenvalue weighted by atomic mass is 9.92. The van der Waals surface area contributed by atoms with Gasteiger partial charge in [-0.25, -0.2) is 0 Å². The van der Waals surface area contributed by atoms with E-state index in [1.807, 2.05) is 11.3 Å². The smallest absolute Gasteiger partial charge is 0.0703 e. The molecule has 1 fully saturated rings. The highest BCUT2D eigenvalue weighted by atomic mass is 35.5. The van der Waals surface area contributed by atoms with Crippen LogP contribution in [0, 0.1) is 0 Å². The Bertz CT molecular complexity index is 1040. The minimum Gasteiger partial charge on any atom is -0.314 e. The topological polar surface area (TPSA) is 15.3 Å². The molecule has 146 valence electrons. The molecule has 1 aliphatic rings. The third-order valence-corrected chi connectivity index (χ3v) is 6.35. The lowest BCUT2D eigenvalue weighted by Gasteiger charge is -2.35.